The maximum Gasteiger partial charge on any atom is 0.222 e. The first-order chi connectivity index (χ1) is 11.9. The number of rotatable bonds is 0. The van der Waals surface area contributed by atoms with E-state index >= 15 is 0 Å². The first-order valence-electron chi connectivity index (χ1n) is 9.72. The van der Waals surface area contributed by atoms with E-state index < -0.39 is 35.8 Å². The van der Waals surface area contributed by atoms with Crippen LogP contribution in [-0.2, 0) is 9.47 Å². The molecule has 2 saturated heterocycles. The van der Waals surface area contributed by atoms with Gasteiger partial charge in [-0.05, 0) is 32.1 Å². The third-order valence-corrected chi connectivity index (χ3v) is 6.77. The standard InChI is InChI=1S/C20H34O6/c1-11-6-8-18(3,4)14-7-9-19(5,26-14)17(23)20(24)16(22)12(2)10-13(25-20)15(11)21/h6,8,11-17,21-24H,7,9-10H2,1-5H3/b8-6+/t11-,12+,13+,14-,15+,16+,17-,19+,20-/m1/s1. The number of hydrogen-bond acceptors (Lipinski definition) is 6. The average molecular weight is 370 g/mol. The van der Waals surface area contributed by atoms with E-state index in [0.29, 0.717) is 12.8 Å². The molecular weight excluding hydrogens is 336 g/mol. The zero-order valence-corrected chi connectivity index (χ0v) is 16.4. The Labute approximate surface area is 155 Å². The molecule has 0 radical (unpaired) electrons. The maximum absolute atomic E-state index is 11.2. The normalized spacial score (nSPS) is 55.7. The molecule has 3 aliphatic rings. The van der Waals surface area contributed by atoms with Crippen LogP contribution in [-0.4, -0.2) is 62.3 Å². The highest BCUT2D eigenvalue weighted by molar-refractivity contribution is 5.10. The van der Waals surface area contributed by atoms with Crippen molar-refractivity contribution in [2.75, 3.05) is 0 Å². The van der Waals surface area contributed by atoms with Crippen LogP contribution in [0.5, 0.6) is 0 Å². The zero-order chi connectivity index (χ0) is 19.5. The van der Waals surface area contributed by atoms with Crippen LogP contribution in [0.25, 0.3) is 0 Å². The van der Waals surface area contributed by atoms with Gasteiger partial charge in [-0.2, -0.15) is 0 Å². The molecule has 0 unspecified atom stereocenters. The van der Waals surface area contributed by atoms with Crippen LogP contribution in [0.4, 0.5) is 0 Å². The van der Waals surface area contributed by atoms with Gasteiger partial charge in [0.05, 0.1) is 23.9 Å². The summed E-state index contributed by atoms with van der Waals surface area (Å²) in [5.74, 6) is -2.71. The number of hydrogen-bond donors (Lipinski definition) is 4. The maximum atomic E-state index is 11.2. The molecule has 2 fully saturated rings. The van der Waals surface area contributed by atoms with Gasteiger partial charge in [0.2, 0.25) is 5.79 Å². The van der Waals surface area contributed by atoms with Crippen molar-refractivity contribution in [2.24, 2.45) is 17.3 Å². The Kier molecular flexibility index (Phi) is 5.09. The van der Waals surface area contributed by atoms with Gasteiger partial charge in [0.15, 0.2) is 0 Å². The molecule has 3 rings (SSSR count). The van der Waals surface area contributed by atoms with Gasteiger partial charge in [0.25, 0.3) is 0 Å². The fourth-order valence-electron chi connectivity index (χ4n) is 4.68. The Bertz CT molecular complexity index is 563. The summed E-state index contributed by atoms with van der Waals surface area (Å²) in [5, 5.41) is 43.7. The molecule has 0 spiro atoms. The molecule has 4 bridgehead atoms. The lowest BCUT2D eigenvalue weighted by Crippen LogP contribution is -2.68. The zero-order valence-electron chi connectivity index (χ0n) is 16.4. The highest BCUT2D eigenvalue weighted by Crippen LogP contribution is 2.47. The van der Waals surface area contributed by atoms with E-state index in [1.807, 2.05) is 13.0 Å². The third kappa shape index (κ3) is 3.15. The van der Waals surface area contributed by atoms with Crippen LogP contribution in [0, 0.1) is 17.3 Å². The highest BCUT2D eigenvalue weighted by atomic mass is 16.7. The minimum Gasteiger partial charge on any atom is -0.390 e. The number of aliphatic hydroxyl groups excluding tert-OH is 3. The molecule has 3 heterocycles. The van der Waals surface area contributed by atoms with Gasteiger partial charge < -0.3 is 29.9 Å². The van der Waals surface area contributed by atoms with Gasteiger partial charge in [0, 0.05) is 11.3 Å². The molecule has 0 aromatic rings. The van der Waals surface area contributed by atoms with Gasteiger partial charge in [-0.1, -0.05) is 39.8 Å². The summed E-state index contributed by atoms with van der Waals surface area (Å²) in [6.07, 6.45) is 1.36. The van der Waals surface area contributed by atoms with Crippen LogP contribution in [0.15, 0.2) is 12.2 Å². The van der Waals surface area contributed by atoms with Crippen molar-refractivity contribution in [2.45, 2.75) is 95.8 Å². The number of aliphatic hydroxyl groups is 4. The lowest BCUT2D eigenvalue weighted by Gasteiger charge is -2.51. The van der Waals surface area contributed by atoms with Crippen LogP contribution < -0.4 is 0 Å². The smallest absolute Gasteiger partial charge is 0.222 e. The Morgan fingerprint density at radius 3 is 2.35 bits per heavy atom. The average Bonchev–Trinajstić information content (AvgIpc) is 2.99. The van der Waals surface area contributed by atoms with E-state index in [-0.39, 0.29) is 23.4 Å². The molecule has 0 amide bonds. The molecule has 0 saturated carbocycles. The lowest BCUT2D eigenvalue weighted by molar-refractivity contribution is -0.376. The van der Waals surface area contributed by atoms with Crippen molar-refractivity contribution in [3.05, 3.63) is 12.2 Å². The molecule has 150 valence electrons. The summed E-state index contributed by atoms with van der Waals surface area (Å²) >= 11 is 0. The third-order valence-electron chi connectivity index (χ3n) is 6.77. The number of ether oxygens (including phenoxy) is 2. The fourth-order valence-corrected chi connectivity index (χ4v) is 4.68. The second kappa shape index (κ2) is 6.54. The molecule has 0 aliphatic carbocycles. The number of fused-ring (bicyclic) bond motifs is 4. The van der Waals surface area contributed by atoms with E-state index in [1.165, 1.54) is 0 Å². The van der Waals surface area contributed by atoms with E-state index in [9.17, 15) is 20.4 Å². The lowest BCUT2D eigenvalue weighted by atomic mass is 9.78. The molecule has 6 nitrogen and oxygen atoms in total. The minimum absolute atomic E-state index is 0.139. The predicted octanol–water partition coefficient (Wildman–Crippen LogP) is 1.35. The fraction of sp³-hybridized carbons (Fsp3) is 0.900. The Hall–Kier alpha value is -0.500. The summed E-state index contributed by atoms with van der Waals surface area (Å²) in [7, 11) is 0. The summed E-state index contributed by atoms with van der Waals surface area (Å²) in [6, 6.07) is 0. The van der Waals surface area contributed by atoms with Crippen molar-refractivity contribution < 1.29 is 29.9 Å². The first kappa shape index (κ1) is 20.2. The van der Waals surface area contributed by atoms with E-state index in [4.69, 9.17) is 9.47 Å². The van der Waals surface area contributed by atoms with Crippen molar-refractivity contribution in [1.82, 2.24) is 0 Å². The van der Waals surface area contributed by atoms with E-state index in [2.05, 4.69) is 19.9 Å². The van der Waals surface area contributed by atoms with Crippen LogP contribution in [0.2, 0.25) is 0 Å². The SMILES string of the molecule is C[C@@H]1/C=C/C(C)(C)[C@H]2CC[C@](C)(O2)[C@@H](O)[C@]2(O)O[C@@H](C[C@H](C)[C@@H]2O)[C@H]1O. The van der Waals surface area contributed by atoms with Gasteiger partial charge in [0.1, 0.15) is 12.2 Å². The molecule has 26 heavy (non-hydrogen) atoms. The Balaban J connectivity index is 2.06. The molecule has 0 aromatic carbocycles. The van der Waals surface area contributed by atoms with Gasteiger partial charge in [-0.15, -0.1) is 0 Å². The quantitative estimate of drug-likeness (QED) is 0.481. The Morgan fingerprint density at radius 1 is 1.04 bits per heavy atom. The van der Waals surface area contributed by atoms with Crippen molar-refractivity contribution in [3.63, 3.8) is 0 Å². The molecule has 4 N–H and O–H groups in total. The van der Waals surface area contributed by atoms with Crippen molar-refractivity contribution in [1.29, 1.82) is 0 Å². The topological polar surface area (TPSA) is 99.4 Å². The van der Waals surface area contributed by atoms with E-state index in [1.54, 1.807) is 13.8 Å². The van der Waals surface area contributed by atoms with Crippen LogP contribution in [0.1, 0.15) is 53.9 Å². The molecule has 6 heteroatoms. The first-order valence-corrected chi connectivity index (χ1v) is 9.72. The summed E-state index contributed by atoms with van der Waals surface area (Å²) in [5.41, 5.74) is -1.32. The van der Waals surface area contributed by atoms with Gasteiger partial charge >= 0.3 is 0 Å². The molecular formula is C20H34O6. The Morgan fingerprint density at radius 2 is 1.69 bits per heavy atom. The van der Waals surface area contributed by atoms with Gasteiger partial charge in [-0.25, -0.2) is 0 Å². The molecule has 0 aromatic heterocycles. The van der Waals surface area contributed by atoms with Gasteiger partial charge in [-0.3, -0.25) is 0 Å². The second-order valence-electron chi connectivity index (χ2n) is 9.46. The predicted molar refractivity (Wildman–Crippen MR) is 96.2 cm³/mol. The monoisotopic (exact) mass is 370 g/mol. The van der Waals surface area contributed by atoms with Crippen LogP contribution in [0.3, 0.4) is 0 Å². The summed E-state index contributed by atoms with van der Waals surface area (Å²) < 4.78 is 12.0. The van der Waals surface area contributed by atoms with Crippen molar-refractivity contribution in [3.8, 4) is 0 Å². The molecule has 9 atom stereocenters. The highest BCUT2D eigenvalue weighted by Gasteiger charge is 2.61. The minimum atomic E-state index is -2.18. The van der Waals surface area contributed by atoms with Crippen LogP contribution >= 0.6 is 0 Å². The van der Waals surface area contributed by atoms with E-state index in [0.717, 1.165) is 6.42 Å². The summed E-state index contributed by atoms with van der Waals surface area (Å²) in [6.45, 7) is 9.59. The molecule has 3 aliphatic heterocycles. The van der Waals surface area contributed by atoms with Crippen molar-refractivity contribution >= 4 is 0 Å². The second-order valence-corrected chi connectivity index (χ2v) is 9.46. The summed E-state index contributed by atoms with van der Waals surface area (Å²) in [4.78, 5) is 0. The largest absolute Gasteiger partial charge is 0.390 e.